The molecule has 0 atom stereocenters. The molecule has 0 aliphatic carbocycles. The Kier molecular flexibility index (Phi) is 3.95. The highest BCUT2D eigenvalue weighted by molar-refractivity contribution is 9.10. The minimum atomic E-state index is -0.623. The lowest BCUT2D eigenvalue weighted by Gasteiger charge is -2.17. The van der Waals surface area contributed by atoms with Crippen LogP contribution in [0, 0.1) is 11.6 Å². The number of rotatable bonds is 2. The van der Waals surface area contributed by atoms with Crippen LogP contribution in [0.5, 0.6) is 0 Å². The summed E-state index contributed by atoms with van der Waals surface area (Å²) in [5, 5.41) is 0. The average Bonchev–Trinajstić information content (AvgIpc) is 2.37. The highest BCUT2D eigenvalue weighted by Crippen LogP contribution is 2.20. The molecule has 2 aromatic carbocycles. The third kappa shape index (κ3) is 2.98. The van der Waals surface area contributed by atoms with Crippen molar-refractivity contribution in [3.05, 3.63) is 64.1 Å². The molecule has 0 N–H and O–H groups in total. The van der Waals surface area contributed by atoms with Gasteiger partial charge in [0, 0.05) is 17.2 Å². The molecule has 0 bridgehead atoms. The van der Waals surface area contributed by atoms with Crippen LogP contribution in [0.2, 0.25) is 0 Å². The van der Waals surface area contributed by atoms with E-state index in [1.807, 2.05) is 0 Å². The van der Waals surface area contributed by atoms with Crippen LogP contribution in [0.4, 0.5) is 14.5 Å². The predicted molar refractivity (Wildman–Crippen MR) is 73.2 cm³/mol. The van der Waals surface area contributed by atoms with E-state index in [-0.39, 0.29) is 5.56 Å². The summed E-state index contributed by atoms with van der Waals surface area (Å²) in [7, 11) is 1.47. The number of nitrogens with zero attached hydrogens (tertiary/aromatic N) is 1. The maximum Gasteiger partial charge on any atom is 0.260 e. The number of carbonyl (C=O) groups excluding carboxylic acids is 1. The quantitative estimate of drug-likeness (QED) is 0.817. The first-order chi connectivity index (χ1) is 8.99. The lowest BCUT2D eigenvalue weighted by Crippen LogP contribution is -2.27. The Morgan fingerprint density at radius 3 is 2.53 bits per heavy atom. The van der Waals surface area contributed by atoms with E-state index in [1.165, 1.54) is 42.3 Å². The van der Waals surface area contributed by atoms with Crippen LogP contribution in [-0.2, 0) is 0 Å². The van der Waals surface area contributed by atoms with E-state index in [9.17, 15) is 13.6 Å². The number of halogens is 3. The fourth-order valence-corrected chi connectivity index (χ4v) is 1.98. The Labute approximate surface area is 117 Å². The number of amides is 1. The Morgan fingerprint density at radius 2 is 1.89 bits per heavy atom. The van der Waals surface area contributed by atoms with Crippen LogP contribution in [0.25, 0.3) is 0 Å². The first kappa shape index (κ1) is 13.7. The topological polar surface area (TPSA) is 20.3 Å². The highest BCUT2D eigenvalue weighted by Gasteiger charge is 2.17. The molecule has 0 unspecified atom stereocenters. The standard InChI is InChI=1S/C14H10BrF2NO/c1-18(11-4-2-3-10(16)8-11)14(19)12-6-5-9(15)7-13(12)17/h2-8H,1H3. The average molecular weight is 326 g/mol. The second-order valence-corrected chi connectivity index (χ2v) is 4.88. The zero-order chi connectivity index (χ0) is 14.0. The molecule has 0 aliphatic heterocycles. The van der Waals surface area contributed by atoms with Gasteiger partial charge in [0.15, 0.2) is 0 Å². The van der Waals surface area contributed by atoms with Crippen molar-refractivity contribution in [1.29, 1.82) is 0 Å². The lowest BCUT2D eigenvalue weighted by atomic mass is 10.1. The maximum atomic E-state index is 13.7. The molecule has 5 heteroatoms. The molecule has 2 rings (SSSR count). The molecule has 2 nitrogen and oxygen atoms in total. The molecule has 98 valence electrons. The van der Waals surface area contributed by atoms with Crippen LogP contribution in [0.1, 0.15) is 10.4 Å². The normalized spacial score (nSPS) is 10.3. The van der Waals surface area contributed by atoms with Gasteiger partial charge in [0.1, 0.15) is 11.6 Å². The molecule has 0 saturated carbocycles. The summed E-state index contributed by atoms with van der Waals surface area (Å²) in [4.78, 5) is 13.3. The number of carbonyl (C=O) groups is 1. The maximum absolute atomic E-state index is 13.7. The Bertz CT molecular complexity index is 631. The van der Waals surface area contributed by atoms with E-state index in [1.54, 1.807) is 12.1 Å². The number of anilines is 1. The fourth-order valence-electron chi connectivity index (χ4n) is 1.65. The summed E-state index contributed by atoms with van der Waals surface area (Å²) >= 11 is 3.12. The van der Waals surface area contributed by atoms with Crippen molar-refractivity contribution in [2.75, 3.05) is 11.9 Å². The van der Waals surface area contributed by atoms with Gasteiger partial charge in [-0.2, -0.15) is 0 Å². The van der Waals surface area contributed by atoms with E-state index < -0.39 is 17.5 Å². The van der Waals surface area contributed by atoms with Crippen molar-refractivity contribution in [2.45, 2.75) is 0 Å². The van der Waals surface area contributed by atoms with Crippen LogP contribution in [0.3, 0.4) is 0 Å². The number of hydrogen-bond acceptors (Lipinski definition) is 1. The van der Waals surface area contributed by atoms with Gasteiger partial charge in [-0.15, -0.1) is 0 Å². The van der Waals surface area contributed by atoms with Crippen LogP contribution >= 0.6 is 15.9 Å². The summed E-state index contributed by atoms with van der Waals surface area (Å²) in [5.41, 5.74) is 0.308. The minimum absolute atomic E-state index is 0.0602. The van der Waals surface area contributed by atoms with Gasteiger partial charge >= 0.3 is 0 Å². The smallest absolute Gasteiger partial charge is 0.260 e. The molecule has 0 radical (unpaired) electrons. The Balaban J connectivity index is 2.33. The first-order valence-corrected chi connectivity index (χ1v) is 6.27. The highest BCUT2D eigenvalue weighted by atomic mass is 79.9. The van der Waals surface area contributed by atoms with Gasteiger partial charge in [0.05, 0.1) is 5.56 Å². The molecular formula is C14H10BrF2NO. The van der Waals surface area contributed by atoms with Crippen LogP contribution < -0.4 is 4.90 Å². The summed E-state index contributed by atoms with van der Waals surface area (Å²) in [6.45, 7) is 0. The molecule has 0 fully saturated rings. The van der Waals surface area contributed by atoms with E-state index in [0.717, 1.165) is 0 Å². The summed E-state index contributed by atoms with van der Waals surface area (Å²) < 4.78 is 27.4. The van der Waals surface area contributed by atoms with Crippen molar-refractivity contribution >= 4 is 27.5 Å². The molecule has 19 heavy (non-hydrogen) atoms. The van der Waals surface area contributed by atoms with Gasteiger partial charge in [-0.3, -0.25) is 4.79 Å². The van der Waals surface area contributed by atoms with E-state index in [4.69, 9.17) is 0 Å². The van der Waals surface area contributed by atoms with Crippen LogP contribution in [-0.4, -0.2) is 13.0 Å². The van der Waals surface area contributed by atoms with Crippen molar-refractivity contribution in [2.24, 2.45) is 0 Å². The molecule has 0 spiro atoms. The van der Waals surface area contributed by atoms with Gasteiger partial charge in [-0.1, -0.05) is 22.0 Å². The molecule has 0 saturated heterocycles. The Morgan fingerprint density at radius 1 is 1.16 bits per heavy atom. The molecular weight excluding hydrogens is 316 g/mol. The second-order valence-electron chi connectivity index (χ2n) is 3.97. The fraction of sp³-hybridized carbons (Fsp3) is 0.0714. The summed E-state index contributed by atoms with van der Waals surface area (Å²) in [6.07, 6.45) is 0. The number of hydrogen-bond donors (Lipinski definition) is 0. The van der Waals surface area contributed by atoms with E-state index >= 15 is 0 Å². The molecule has 0 aliphatic rings. The van der Waals surface area contributed by atoms with E-state index in [2.05, 4.69) is 15.9 Å². The molecule has 0 aromatic heterocycles. The monoisotopic (exact) mass is 325 g/mol. The van der Waals surface area contributed by atoms with Gasteiger partial charge in [0.25, 0.3) is 5.91 Å². The summed E-state index contributed by atoms with van der Waals surface area (Å²) in [6, 6.07) is 9.75. The number of benzene rings is 2. The lowest BCUT2D eigenvalue weighted by molar-refractivity contribution is 0.0989. The zero-order valence-corrected chi connectivity index (χ0v) is 11.6. The van der Waals surface area contributed by atoms with Gasteiger partial charge in [0.2, 0.25) is 0 Å². The molecule has 2 aromatic rings. The molecule has 1 amide bonds. The zero-order valence-electron chi connectivity index (χ0n) is 10.0. The largest absolute Gasteiger partial charge is 0.311 e. The van der Waals surface area contributed by atoms with Gasteiger partial charge in [-0.25, -0.2) is 8.78 Å². The summed E-state index contributed by atoms with van der Waals surface area (Å²) in [5.74, 6) is -1.60. The van der Waals surface area contributed by atoms with Crippen molar-refractivity contribution < 1.29 is 13.6 Å². The van der Waals surface area contributed by atoms with E-state index in [0.29, 0.717) is 10.2 Å². The van der Waals surface area contributed by atoms with Crippen molar-refractivity contribution in [3.8, 4) is 0 Å². The van der Waals surface area contributed by atoms with Crippen molar-refractivity contribution in [3.63, 3.8) is 0 Å². The van der Waals surface area contributed by atoms with Gasteiger partial charge < -0.3 is 4.90 Å². The predicted octanol–water partition coefficient (Wildman–Crippen LogP) is 4.00. The van der Waals surface area contributed by atoms with Gasteiger partial charge in [-0.05, 0) is 36.4 Å². The second kappa shape index (κ2) is 5.48. The SMILES string of the molecule is CN(C(=O)c1ccc(Br)cc1F)c1cccc(F)c1. The third-order valence-corrected chi connectivity index (χ3v) is 3.15. The van der Waals surface area contributed by atoms with Crippen LogP contribution in [0.15, 0.2) is 46.9 Å². The molecule has 0 heterocycles. The third-order valence-electron chi connectivity index (χ3n) is 2.66. The Hall–Kier alpha value is -1.75. The minimum Gasteiger partial charge on any atom is -0.311 e. The van der Waals surface area contributed by atoms with Crippen molar-refractivity contribution in [1.82, 2.24) is 0 Å². The first-order valence-electron chi connectivity index (χ1n) is 5.47.